The van der Waals surface area contributed by atoms with Crippen LogP contribution in [-0.4, -0.2) is 39.4 Å². The van der Waals surface area contributed by atoms with Gasteiger partial charge in [-0.05, 0) is 54.8 Å². The first-order chi connectivity index (χ1) is 13.1. The van der Waals surface area contributed by atoms with E-state index in [9.17, 15) is 4.79 Å². The van der Waals surface area contributed by atoms with Gasteiger partial charge in [-0.3, -0.25) is 4.79 Å². The highest BCUT2D eigenvalue weighted by Crippen LogP contribution is 2.37. The van der Waals surface area contributed by atoms with Gasteiger partial charge in [0, 0.05) is 31.0 Å². The van der Waals surface area contributed by atoms with E-state index in [0.29, 0.717) is 44.3 Å². The molecule has 0 atom stereocenters. The van der Waals surface area contributed by atoms with Gasteiger partial charge in [-0.15, -0.1) is 0 Å². The molecule has 0 aromatic heterocycles. The standard InChI is InChI=1S/C21H24ClNO4/c1-25-13-14-27-19-7-5-18(6-8-19)23-20(24)21(9-11-26-12-10-21)16-3-2-4-17(22)15-16/h2-8,15H,9-14H2,1H3,(H,23,24). The van der Waals surface area contributed by atoms with Gasteiger partial charge in [0.05, 0.1) is 12.0 Å². The van der Waals surface area contributed by atoms with Crippen molar-refractivity contribution in [3.05, 3.63) is 59.1 Å². The monoisotopic (exact) mass is 389 g/mol. The molecule has 144 valence electrons. The molecule has 1 aliphatic rings. The third kappa shape index (κ3) is 4.80. The SMILES string of the molecule is COCCOc1ccc(NC(=O)C2(c3cccc(Cl)c3)CCOCC2)cc1. The Kier molecular flexibility index (Phi) is 6.72. The Hall–Kier alpha value is -2.08. The van der Waals surface area contributed by atoms with E-state index < -0.39 is 5.41 Å². The number of hydrogen-bond donors (Lipinski definition) is 1. The molecule has 0 bridgehead atoms. The number of anilines is 1. The first kappa shape index (κ1) is 19.7. The number of amides is 1. The Labute approximate surface area is 164 Å². The average molecular weight is 390 g/mol. The molecule has 0 radical (unpaired) electrons. The minimum Gasteiger partial charge on any atom is -0.491 e. The summed E-state index contributed by atoms with van der Waals surface area (Å²) in [4.78, 5) is 13.2. The molecular formula is C21H24ClNO4. The van der Waals surface area contributed by atoms with Gasteiger partial charge in [0.1, 0.15) is 12.4 Å². The summed E-state index contributed by atoms with van der Waals surface area (Å²) in [5, 5.41) is 3.68. The lowest BCUT2D eigenvalue weighted by atomic mass is 9.73. The Bertz CT molecular complexity index is 757. The molecule has 0 unspecified atom stereocenters. The van der Waals surface area contributed by atoms with Crippen LogP contribution in [0.15, 0.2) is 48.5 Å². The topological polar surface area (TPSA) is 56.8 Å². The second-order valence-electron chi connectivity index (χ2n) is 6.52. The summed E-state index contributed by atoms with van der Waals surface area (Å²) < 4.78 is 16.0. The quantitative estimate of drug-likeness (QED) is 0.726. The van der Waals surface area contributed by atoms with Gasteiger partial charge in [0.25, 0.3) is 0 Å². The molecule has 5 nitrogen and oxygen atoms in total. The molecule has 1 amide bonds. The lowest BCUT2D eigenvalue weighted by Gasteiger charge is -2.36. The summed E-state index contributed by atoms with van der Waals surface area (Å²) in [5.41, 5.74) is 1.01. The van der Waals surface area contributed by atoms with E-state index in [1.165, 1.54) is 0 Å². The maximum absolute atomic E-state index is 13.2. The van der Waals surface area contributed by atoms with Crippen molar-refractivity contribution in [1.82, 2.24) is 0 Å². The Balaban J connectivity index is 1.75. The highest BCUT2D eigenvalue weighted by molar-refractivity contribution is 6.30. The molecular weight excluding hydrogens is 366 g/mol. The van der Waals surface area contributed by atoms with Crippen LogP contribution < -0.4 is 10.1 Å². The lowest BCUT2D eigenvalue weighted by molar-refractivity contribution is -0.125. The van der Waals surface area contributed by atoms with Crippen LogP contribution in [0.4, 0.5) is 5.69 Å². The number of nitrogens with one attached hydrogen (secondary N) is 1. The van der Waals surface area contributed by atoms with Crippen LogP contribution >= 0.6 is 11.6 Å². The maximum Gasteiger partial charge on any atom is 0.235 e. The zero-order chi connectivity index (χ0) is 19.1. The molecule has 1 saturated heterocycles. The van der Waals surface area contributed by atoms with Crippen LogP contribution in [0.3, 0.4) is 0 Å². The zero-order valence-corrected chi connectivity index (χ0v) is 16.1. The molecule has 6 heteroatoms. The van der Waals surface area contributed by atoms with Gasteiger partial charge in [-0.25, -0.2) is 0 Å². The van der Waals surface area contributed by atoms with Gasteiger partial charge in [0.2, 0.25) is 5.91 Å². The molecule has 0 spiro atoms. The third-order valence-corrected chi connectivity index (χ3v) is 5.06. The minimum absolute atomic E-state index is 0.0406. The molecule has 1 heterocycles. The van der Waals surface area contributed by atoms with Crippen molar-refractivity contribution in [3.63, 3.8) is 0 Å². The molecule has 3 rings (SSSR count). The number of rotatable bonds is 7. The summed E-state index contributed by atoms with van der Waals surface area (Å²) in [6.45, 7) is 2.11. The number of halogens is 1. The van der Waals surface area contributed by atoms with Gasteiger partial charge < -0.3 is 19.5 Å². The van der Waals surface area contributed by atoms with Gasteiger partial charge in [0.15, 0.2) is 0 Å². The minimum atomic E-state index is -0.642. The Morgan fingerprint density at radius 1 is 1.15 bits per heavy atom. The number of methoxy groups -OCH3 is 1. The van der Waals surface area contributed by atoms with Crippen molar-refractivity contribution in [2.45, 2.75) is 18.3 Å². The molecule has 1 N–H and O–H groups in total. The predicted molar refractivity (Wildman–Crippen MR) is 106 cm³/mol. The fraction of sp³-hybridized carbons (Fsp3) is 0.381. The van der Waals surface area contributed by atoms with Gasteiger partial charge in [-0.1, -0.05) is 23.7 Å². The summed E-state index contributed by atoms with van der Waals surface area (Å²) >= 11 is 6.17. The molecule has 2 aromatic rings. The van der Waals surface area contributed by atoms with E-state index >= 15 is 0 Å². The fourth-order valence-corrected chi connectivity index (χ4v) is 3.47. The maximum atomic E-state index is 13.2. The van der Waals surface area contributed by atoms with E-state index in [0.717, 1.165) is 17.0 Å². The fourth-order valence-electron chi connectivity index (χ4n) is 3.28. The van der Waals surface area contributed by atoms with E-state index in [-0.39, 0.29) is 5.91 Å². The third-order valence-electron chi connectivity index (χ3n) is 4.83. The van der Waals surface area contributed by atoms with E-state index in [4.69, 9.17) is 25.8 Å². The van der Waals surface area contributed by atoms with E-state index in [1.54, 1.807) is 7.11 Å². The van der Waals surface area contributed by atoms with Crippen LogP contribution in [0.5, 0.6) is 5.75 Å². The Morgan fingerprint density at radius 3 is 2.56 bits per heavy atom. The van der Waals surface area contributed by atoms with Crippen LogP contribution in [0.1, 0.15) is 18.4 Å². The normalized spacial score (nSPS) is 15.9. The molecule has 0 saturated carbocycles. The summed E-state index contributed by atoms with van der Waals surface area (Å²) in [6, 6.07) is 14.9. The largest absolute Gasteiger partial charge is 0.491 e. The zero-order valence-electron chi connectivity index (χ0n) is 15.4. The summed E-state index contributed by atoms with van der Waals surface area (Å²) in [7, 11) is 1.63. The van der Waals surface area contributed by atoms with Crippen molar-refractivity contribution < 1.29 is 19.0 Å². The Morgan fingerprint density at radius 2 is 1.89 bits per heavy atom. The number of carbonyl (C=O) groups excluding carboxylic acids is 1. The number of benzene rings is 2. The number of hydrogen-bond acceptors (Lipinski definition) is 4. The average Bonchev–Trinajstić information content (AvgIpc) is 2.70. The number of carbonyl (C=O) groups is 1. The molecule has 0 aliphatic carbocycles. The highest BCUT2D eigenvalue weighted by Gasteiger charge is 2.41. The van der Waals surface area contributed by atoms with E-state index in [2.05, 4.69) is 5.32 Å². The van der Waals surface area contributed by atoms with Crippen LogP contribution in [0.2, 0.25) is 5.02 Å². The number of ether oxygens (including phenoxy) is 3. The summed E-state index contributed by atoms with van der Waals surface area (Å²) in [5.74, 6) is 0.696. The van der Waals surface area contributed by atoms with Crippen molar-refractivity contribution >= 4 is 23.2 Å². The molecule has 1 aliphatic heterocycles. The van der Waals surface area contributed by atoms with Crippen LogP contribution in [-0.2, 0) is 19.7 Å². The van der Waals surface area contributed by atoms with Gasteiger partial charge in [-0.2, -0.15) is 0 Å². The summed E-state index contributed by atoms with van der Waals surface area (Å²) in [6.07, 6.45) is 1.24. The lowest BCUT2D eigenvalue weighted by Crippen LogP contribution is -2.44. The smallest absolute Gasteiger partial charge is 0.235 e. The molecule has 1 fully saturated rings. The van der Waals surface area contributed by atoms with Crippen molar-refractivity contribution in [2.75, 3.05) is 38.9 Å². The van der Waals surface area contributed by atoms with Crippen molar-refractivity contribution in [1.29, 1.82) is 0 Å². The first-order valence-corrected chi connectivity index (χ1v) is 9.39. The molecule has 27 heavy (non-hydrogen) atoms. The van der Waals surface area contributed by atoms with E-state index in [1.807, 2.05) is 48.5 Å². The first-order valence-electron chi connectivity index (χ1n) is 9.01. The predicted octanol–water partition coefficient (Wildman–Crippen LogP) is 4.05. The van der Waals surface area contributed by atoms with Crippen molar-refractivity contribution in [3.8, 4) is 5.75 Å². The van der Waals surface area contributed by atoms with Crippen LogP contribution in [0, 0.1) is 0 Å². The van der Waals surface area contributed by atoms with Crippen molar-refractivity contribution in [2.24, 2.45) is 0 Å². The highest BCUT2D eigenvalue weighted by atomic mass is 35.5. The second-order valence-corrected chi connectivity index (χ2v) is 6.96. The van der Waals surface area contributed by atoms with Gasteiger partial charge >= 0.3 is 0 Å². The van der Waals surface area contributed by atoms with Crippen LogP contribution in [0.25, 0.3) is 0 Å². The second kappa shape index (κ2) is 9.22. The molecule has 2 aromatic carbocycles.